The van der Waals surface area contributed by atoms with E-state index < -0.39 is 0 Å². The van der Waals surface area contributed by atoms with E-state index in [0.29, 0.717) is 22.9 Å². The topological polar surface area (TPSA) is 39.1 Å². The molecule has 0 aliphatic rings. The quantitative estimate of drug-likeness (QED) is 0.922. The summed E-state index contributed by atoms with van der Waals surface area (Å²) >= 11 is 5.80. The van der Waals surface area contributed by atoms with Gasteiger partial charge < -0.3 is 10.1 Å². The van der Waals surface area contributed by atoms with Gasteiger partial charge in [-0.3, -0.25) is 4.68 Å². The van der Waals surface area contributed by atoms with Crippen LogP contribution < -0.4 is 10.1 Å². The lowest BCUT2D eigenvalue weighted by atomic mass is 10.0. The number of benzene rings is 1. The highest BCUT2D eigenvalue weighted by Gasteiger charge is 2.24. The first-order valence-electron chi connectivity index (χ1n) is 6.34. The zero-order chi connectivity index (χ0) is 14.7. The van der Waals surface area contributed by atoms with E-state index in [1.165, 1.54) is 6.07 Å². The van der Waals surface area contributed by atoms with Gasteiger partial charge in [-0.05, 0) is 26.1 Å². The number of hydrogen-bond donors (Lipinski definition) is 1. The van der Waals surface area contributed by atoms with Crippen molar-refractivity contribution in [3.63, 3.8) is 0 Å². The predicted molar refractivity (Wildman–Crippen MR) is 76.8 cm³/mol. The van der Waals surface area contributed by atoms with Crippen LogP contribution in [0.2, 0.25) is 5.02 Å². The van der Waals surface area contributed by atoms with Gasteiger partial charge in [0.05, 0.1) is 19.3 Å². The lowest BCUT2D eigenvalue weighted by molar-refractivity contribution is 0.400. The Labute approximate surface area is 122 Å². The second-order valence-corrected chi connectivity index (χ2v) is 4.74. The lowest BCUT2D eigenvalue weighted by Crippen LogP contribution is -2.23. The van der Waals surface area contributed by atoms with Crippen LogP contribution in [0, 0.1) is 5.82 Å². The summed E-state index contributed by atoms with van der Waals surface area (Å²) in [5.74, 6) is 0.267. The van der Waals surface area contributed by atoms with Gasteiger partial charge in [-0.1, -0.05) is 17.7 Å². The first-order chi connectivity index (χ1) is 9.62. The molecular formula is C14H17ClFN3O. The molecule has 1 aromatic heterocycles. The largest absolute Gasteiger partial charge is 0.493 e. The molecule has 1 atom stereocenters. The van der Waals surface area contributed by atoms with Gasteiger partial charge in [0.25, 0.3) is 0 Å². The molecule has 0 radical (unpaired) electrons. The van der Waals surface area contributed by atoms with E-state index in [1.54, 1.807) is 37.2 Å². The number of hydrogen-bond acceptors (Lipinski definition) is 3. The summed E-state index contributed by atoms with van der Waals surface area (Å²) < 4.78 is 21.3. The maximum absolute atomic E-state index is 14.2. The summed E-state index contributed by atoms with van der Waals surface area (Å²) in [6.45, 7) is 2.65. The summed E-state index contributed by atoms with van der Waals surface area (Å²) in [5.41, 5.74) is 1.30. The molecule has 108 valence electrons. The fraction of sp³-hybridized carbons (Fsp3) is 0.357. The van der Waals surface area contributed by atoms with Crippen molar-refractivity contribution >= 4 is 11.6 Å². The van der Waals surface area contributed by atoms with Crippen molar-refractivity contribution in [2.45, 2.75) is 19.5 Å². The zero-order valence-electron chi connectivity index (χ0n) is 11.7. The Bertz CT molecular complexity index is 579. The van der Waals surface area contributed by atoms with Gasteiger partial charge in [-0.2, -0.15) is 5.10 Å². The highest BCUT2D eigenvalue weighted by molar-refractivity contribution is 6.30. The third kappa shape index (κ3) is 2.64. The molecule has 1 heterocycles. The Balaban J connectivity index is 2.54. The van der Waals surface area contributed by atoms with Crippen LogP contribution in [0.15, 0.2) is 24.4 Å². The summed E-state index contributed by atoms with van der Waals surface area (Å²) in [6.07, 6.45) is 1.64. The first-order valence-corrected chi connectivity index (χ1v) is 6.72. The first kappa shape index (κ1) is 14.8. The van der Waals surface area contributed by atoms with Gasteiger partial charge in [0, 0.05) is 17.1 Å². The minimum Gasteiger partial charge on any atom is -0.493 e. The number of halogens is 2. The second kappa shape index (κ2) is 6.24. The fourth-order valence-corrected chi connectivity index (χ4v) is 2.41. The molecule has 0 spiro atoms. The van der Waals surface area contributed by atoms with Gasteiger partial charge in [-0.15, -0.1) is 0 Å². The van der Waals surface area contributed by atoms with Gasteiger partial charge in [-0.25, -0.2) is 4.39 Å². The van der Waals surface area contributed by atoms with E-state index in [1.807, 2.05) is 6.92 Å². The molecule has 1 unspecified atom stereocenters. The van der Waals surface area contributed by atoms with E-state index in [0.717, 1.165) is 5.69 Å². The predicted octanol–water partition coefficient (Wildman–Crippen LogP) is 3.01. The Kier molecular flexibility index (Phi) is 4.62. The van der Waals surface area contributed by atoms with Crippen molar-refractivity contribution in [3.05, 3.63) is 46.5 Å². The van der Waals surface area contributed by atoms with Gasteiger partial charge in [0.2, 0.25) is 0 Å². The molecule has 1 aromatic carbocycles. The summed E-state index contributed by atoms with van der Waals surface area (Å²) in [6, 6.07) is 4.29. The van der Waals surface area contributed by atoms with Gasteiger partial charge >= 0.3 is 0 Å². The summed E-state index contributed by atoms with van der Waals surface area (Å²) in [5, 5.41) is 7.73. The average molecular weight is 298 g/mol. The van der Waals surface area contributed by atoms with E-state index >= 15 is 0 Å². The van der Waals surface area contributed by atoms with Crippen molar-refractivity contribution in [2.75, 3.05) is 14.2 Å². The van der Waals surface area contributed by atoms with Crippen LogP contribution in [-0.2, 0) is 6.54 Å². The monoisotopic (exact) mass is 297 g/mol. The number of ether oxygens (including phenoxy) is 1. The Morgan fingerprint density at radius 3 is 2.80 bits per heavy atom. The van der Waals surface area contributed by atoms with Crippen molar-refractivity contribution in [3.8, 4) is 5.75 Å². The number of aryl methyl sites for hydroxylation is 1. The molecule has 0 aliphatic carbocycles. The van der Waals surface area contributed by atoms with Crippen molar-refractivity contribution in [2.24, 2.45) is 0 Å². The molecule has 0 fully saturated rings. The molecule has 2 rings (SSSR count). The molecule has 0 saturated heterocycles. The molecular weight excluding hydrogens is 281 g/mol. The third-order valence-corrected chi connectivity index (χ3v) is 3.44. The lowest BCUT2D eigenvalue weighted by Gasteiger charge is -2.20. The van der Waals surface area contributed by atoms with Crippen LogP contribution in [0.1, 0.15) is 24.2 Å². The van der Waals surface area contributed by atoms with Crippen LogP contribution in [0.4, 0.5) is 4.39 Å². The van der Waals surface area contributed by atoms with E-state index in [-0.39, 0.29) is 11.9 Å². The van der Waals surface area contributed by atoms with Gasteiger partial charge in [0.15, 0.2) is 5.75 Å². The molecule has 1 N–H and O–H groups in total. The van der Waals surface area contributed by atoms with Crippen LogP contribution in [0.25, 0.3) is 0 Å². The highest BCUT2D eigenvalue weighted by Crippen LogP contribution is 2.31. The molecule has 2 aromatic rings. The average Bonchev–Trinajstić information content (AvgIpc) is 2.85. The van der Waals surface area contributed by atoms with E-state index in [2.05, 4.69) is 10.4 Å². The number of methoxy groups -OCH3 is 1. The number of nitrogens with one attached hydrogen (secondary N) is 1. The maximum atomic E-state index is 14.2. The Hall–Kier alpha value is -1.59. The molecule has 4 nitrogen and oxygen atoms in total. The van der Waals surface area contributed by atoms with Crippen LogP contribution in [0.5, 0.6) is 5.75 Å². The van der Waals surface area contributed by atoms with Crippen molar-refractivity contribution < 1.29 is 9.13 Å². The summed E-state index contributed by atoms with van der Waals surface area (Å²) in [7, 11) is 3.34. The summed E-state index contributed by atoms with van der Waals surface area (Å²) in [4.78, 5) is 0. The van der Waals surface area contributed by atoms with Crippen molar-refractivity contribution in [1.29, 1.82) is 0 Å². The molecule has 20 heavy (non-hydrogen) atoms. The second-order valence-electron chi connectivity index (χ2n) is 4.30. The molecule has 0 bridgehead atoms. The number of nitrogens with zero attached hydrogens (tertiary/aromatic N) is 2. The Morgan fingerprint density at radius 1 is 1.50 bits per heavy atom. The van der Waals surface area contributed by atoms with Crippen LogP contribution in [0.3, 0.4) is 0 Å². The minimum absolute atomic E-state index is 0.357. The Morgan fingerprint density at radius 2 is 2.25 bits per heavy atom. The molecule has 6 heteroatoms. The maximum Gasteiger partial charge on any atom is 0.161 e. The number of rotatable bonds is 5. The standard InChI is InChI=1S/C14H17ClFN3O/c1-4-19-14(12(20-3)8-18-19)13(17-2)10-6-5-9(15)7-11(10)16/h5-8,13,17H,4H2,1-3H3. The van der Waals surface area contributed by atoms with E-state index in [9.17, 15) is 4.39 Å². The fourth-order valence-electron chi connectivity index (χ4n) is 2.25. The zero-order valence-corrected chi connectivity index (χ0v) is 12.4. The van der Waals surface area contributed by atoms with Gasteiger partial charge in [0.1, 0.15) is 11.5 Å². The molecule has 0 amide bonds. The molecule has 0 aliphatic heterocycles. The minimum atomic E-state index is -0.359. The normalized spacial score (nSPS) is 12.4. The smallest absolute Gasteiger partial charge is 0.161 e. The number of aromatic nitrogens is 2. The molecule has 0 saturated carbocycles. The van der Waals surface area contributed by atoms with Crippen LogP contribution in [-0.4, -0.2) is 23.9 Å². The highest BCUT2D eigenvalue weighted by atomic mass is 35.5. The SMILES string of the molecule is CCn1ncc(OC)c1C(NC)c1ccc(Cl)cc1F. The third-order valence-electron chi connectivity index (χ3n) is 3.20. The van der Waals surface area contributed by atoms with E-state index in [4.69, 9.17) is 16.3 Å². The van der Waals surface area contributed by atoms with Crippen LogP contribution >= 0.6 is 11.6 Å². The van der Waals surface area contributed by atoms with Crippen molar-refractivity contribution in [1.82, 2.24) is 15.1 Å².